The molecule has 2 heterocycles. The van der Waals surface area contributed by atoms with Gasteiger partial charge in [-0.25, -0.2) is 4.98 Å². The van der Waals surface area contributed by atoms with Gasteiger partial charge in [0.05, 0.1) is 20.0 Å². The zero-order chi connectivity index (χ0) is 20.1. The van der Waals surface area contributed by atoms with Crippen molar-refractivity contribution in [2.24, 2.45) is 5.16 Å². The third kappa shape index (κ3) is 4.24. The molecule has 0 aliphatic carbocycles. The van der Waals surface area contributed by atoms with Crippen LogP contribution in [0.1, 0.15) is 6.42 Å². The molecule has 2 aromatic heterocycles. The van der Waals surface area contributed by atoms with Crippen LogP contribution >= 0.6 is 0 Å². The number of aromatic nitrogens is 2. The minimum Gasteiger partial charge on any atom is -0.497 e. The van der Waals surface area contributed by atoms with Gasteiger partial charge in [-0.15, -0.1) is 0 Å². The van der Waals surface area contributed by atoms with Crippen molar-refractivity contribution in [3.63, 3.8) is 0 Å². The second kappa shape index (κ2) is 8.52. The summed E-state index contributed by atoms with van der Waals surface area (Å²) in [7, 11) is 1.59. The SMILES string of the molecule is COc1ccc2/c(=N/O)cc(-c3ccc(OCCCn4ccnc4)cc3)oc2c1. The van der Waals surface area contributed by atoms with Gasteiger partial charge in [0.15, 0.2) is 0 Å². The highest BCUT2D eigenvalue weighted by Gasteiger charge is 2.08. The molecular weight excluding hydrogens is 370 g/mol. The molecule has 4 rings (SSSR count). The van der Waals surface area contributed by atoms with Gasteiger partial charge >= 0.3 is 0 Å². The maximum Gasteiger partial charge on any atom is 0.140 e. The number of rotatable bonds is 7. The molecule has 0 unspecified atom stereocenters. The van der Waals surface area contributed by atoms with Crippen LogP contribution in [-0.2, 0) is 6.54 Å². The van der Waals surface area contributed by atoms with Gasteiger partial charge in [-0.2, -0.15) is 0 Å². The molecule has 0 bridgehead atoms. The number of benzene rings is 2. The number of hydrogen-bond donors (Lipinski definition) is 1. The molecule has 0 saturated carbocycles. The average molecular weight is 391 g/mol. The number of aryl methyl sites for hydroxylation is 1. The number of methoxy groups -OCH3 is 1. The van der Waals surface area contributed by atoms with Crippen LogP contribution in [0.15, 0.2) is 76.8 Å². The van der Waals surface area contributed by atoms with Gasteiger partial charge in [-0.3, -0.25) is 0 Å². The zero-order valence-corrected chi connectivity index (χ0v) is 16.0. The summed E-state index contributed by atoms with van der Waals surface area (Å²) in [6, 6.07) is 14.7. The number of imidazole rings is 1. The molecule has 0 amide bonds. The number of hydrogen-bond acceptors (Lipinski definition) is 6. The molecule has 4 aromatic rings. The monoisotopic (exact) mass is 391 g/mol. The van der Waals surface area contributed by atoms with Crippen LogP contribution in [0.4, 0.5) is 0 Å². The maximum atomic E-state index is 9.39. The maximum absolute atomic E-state index is 9.39. The Morgan fingerprint density at radius 3 is 2.66 bits per heavy atom. The number of fused-ring (bicyclic) bond motifs is 1. The van der Waals surface area contributed by atoms with E-state index in [1.54, 1.807) is 43.9 Å². The fraction of sp³-hybridized carbons (Fsp3) is 0.182. The van der Waals surface area contributed by atoms with Crippen molar-refractivity contribution in [2.75, 3.05) is 13.7 Å². The van der Waals surface area contributed by atoms with Gasteiger partial charge in [0.2, 0.25) is 0 Å². The predicted octanol–water partition coefficient (Wildman–Crippen LogP) is 4.06. The Morgan fingerprint density at radius 1 is 1.10 bits per heavy atom. The molecule has 1 N–H and O–H groups in total. The lowest BCUT2D eigenvalue weighted by molar-refractivity contribution is 0.301. The van der Waals surface area contributed by atoms with E-state index < -0.39 is 0 Å². The molecule has 7 heteroatoms. The van der Waals surface area contributed by atoms with Gasteiger partial charge in [-0.1, -0.05) is 5.16 Å². The van der Waals surface area contributed by atoms with Crippen molar-refractivity contribution in [2.45, 2.75) is 13.0 Å². The smallest absolute Gasteiger partial charge is 0.140 e. The highest BCUT2D eigenvalue weighted by Crippen LogP contribution is 2.26. The first-order valence-electron chi connectivity index (χ1n) is 9.26. The van der Waals surface area contributed by atoms with Crippen molar-refractivity contribution in [1.82, 2.24) is 9.55 Å². The van der Waals surface area contributed by atoms with Crippen molar-refractivity contribution in [3.8, 4) is 22.8 Å². The molecule has 0 fully saturated rings. The highest BCUT2D eigenvalue weighted by molar-refractivity contribution is 5.79. The van der Waals surface area contributed by atoms with Crippen molar-refractivity contribution in [3.05, 3.63) is 72.6 Å². The van der Waals surface area contributed by atoms with Crippen molar-refractivity contribution in [1.29, 1.82) is 0 Å². The second-order valence-corrected chi connectivity index (χ2v) is 6.48. The Morgan fingerprint density at radius 2 is 1.93 bits per heavy atom. The molecule has 0 atom stereocenters. The molecule has 0 radical (unpaired) electrons. The highest BCUT2D eigenvalue weighted by atomic mass is 16.5. The lowest BCUT2D eigenvalue weighted by atomic mass is 10.1. The van der Waals surface area contributed by atoms with Crippen LogP contribution < -0.4 is 14.8 Å². The van der Waals surface area contributed by atoms with E-state index in [4.69, 9.17) is 13.9 Å². The third-order valence-corrected chi connectivity index (χ3v) is 4.59. The van der Waals surface area contributed by atoms with E-state index in [2.05, 4.69) is 10.1 Å². The minimum atomic E-state index is 0.434. The van der Waals surface area contributed by atoms with Gasteiger partial charge in [0, 0.05) is 42.0 Å². The topological polar surface area (TPSA) is 82.0 Å². The Bertz CT molecular complexity index is 1150. The summed E-state index contributed by atoms with van der Waals surface area (Å²) in [5, 5.41) is 13.9. The summed E-state index contributed by atoms with van der Waals surface area (Å²) in [6.07, 6.45) is 6.39. The molecule has 0 saturated heterocycles. The van der Waals surface area contributed by atoms with Crippen LogP contribution in [0, 0.1) is 0 Å². The number of nitrogens with zero attached hydrogens (tertiary/aromatic N) is 3. The largest absolute Gasteiger partial charge is 0.497 e. The molecule has 0 aliphatic heterocycles. The van der Waals surface area contributed by atoms with Gasteiger partial charge in [-0.05, 0) is 42.8 Å². The van der Waals surface area contributed by atoms with E-state index in [1.165, 1.54) is 0 Å². The first kappa shape index (κ1) is 18.6. The summed E-state index contributed by atoms with van der Waals surface area (Å²) < 4.78 is 19.1. The summed E-state index contributed by atoms with van der Waals surface area (Å²) in [5.41, 5.74) is 1.43. The predicted molar refractivity (Wildman–Crippen MR) is 108 cm³/mol. The third-order valence-electron chi connectivity index (χ3n) is 4.59. The van der Waals surface area contributed by atoms with Crippen LogP contribution in [0.2, 0.25) is 0 Å². The van der Waals surface area contributed by atoms with E-state index in [0.29, 0.717) is 34.4 Å². The molecule has 0 spiro atoms. The first-order valence-corrected chi connectivity index (χ1v) is 9.26. The lowest BCUT2D eigenvalue weighted by Gasteiger charge is -2.09. The van der Waals surface area contributed by atoms with E-state index in [9.17, 15) is 5.21 Å². The van der Waals surface area contributed by atoms with Crippen LogP contribution in [0.3, 0.4) is 0 Å². The Kier molecular flexibility index (Phi) is 5.47. The fourth-order valence-corrected chi connectivity index (χ4v) is 3.07. The molecule has 7 nitrogen and oxygen atoms in total. The van der Waals surface area contributed by atoms with E-state index in [0.717, 1.165) is 24.3 Å². The Hall–Kier alpha value is -3.74. The fourth-order valence-electron chi connectivity index (χ4n) is 3.07. The molecule has 148 valence electrons. The lowest BCUT2D eigenvalue weighted by Crippen LogP contribution is -2.04. The first-order chi connectivity index (χ1) is 14.3. The van der Waals surface area contributed by atoms with Crippen molar-refractivity contribution < 1.29 is 19.1 Å². The molecular formula is C22H21N3O4. The van der Waals surface area contributed by atoms with Crippen LogP contribution in [0.25, 0.3) is 22.3 Å². The Labute approximate surface area is 167 Å². The summed E-state index contributed by atoms with van der Waals surface area (Å²) in [5.74, 6) is 2.04. The standard InChI is InChI=1S/C22H21N3O4/c1-27-18-7-8-19-20(24-26)14-21(29-22(19)13-18)16-3-5-17(6-4-16)28-12-2-10-25-11-9-23-15-25/h3-9,11,13-15,26H,2,10,12H2,1H3/b24-20+. The zero-order valence-electron chi connectivity index (χ0n) is 16.0. The van der Waals surface area contributed by atoms with Crippen LogP contribution in [0.5, 0.6) is 11.5 Å². The minimum absolute atomic E-state index is 0.434. The van der Waals surface area contributed by atoms with E-state index in [1.807, 2.05) is 35.0 Å². The summed E-state index contributed by atoms with van der Waals surface area (Å²) in [4.78, 5) is 4.02. The quantitative estimate of drug-likeness (QED) is 0.292. The normalized spacial score (nSPS) is 11.7. The molecule has 29 heavy (non-hydrogen) atoms. The van der Waals surface area contributed by atoms with E-state index >= 15 is 0 Å². The second-order valence-electron chi connectivity index (χ2n) is 6.48. The average Bonchev–Trinajstić information content (AvgIpc) is 3.29. The number of ether oxygens (including phenoxy) is 2. The Balaban J connectivity index is 1.50. The molecule has 2 aromatic carbocycles. The molecule has 0 aliphatic rings. The summed E-state index contributed by atoms with van der Waals surface area (Å²) >= 11 is 0. The van der Waals surface area contributed by atoms with Gasteiger partial charge < -0.3 is 23.7 Å². The van der Waals surface area contributed by atoms with Gasteiger partial charge in [0.25, 0.3) is 0 Å². The summed E-state index contributed by atoms with van der Waals surface area (Å²) in [6.45, 7) is 1.48. The van der Waals surface area contributed by atoms with Gasteiger partial charge in [0.1, 0.15) is 28.2 Å². The van der Waals surface area contributed by atoms with E-state index in [-0.39, 0.29) is 0 Å². The van der Waals surface area contributed by atoms with Crippen LogP contribution in [-0.4, -0.2) is 28.5 Å². The van der Waals surface area contributed by atoms with Crippen molar-refractivity contribution >= 4 is 11.0 Å².